The fraction of sp³-hybridized carbons (Fsp3) is 0.583. The van der Waals surface area contributed by atoms with E-state index in [2.05, 4.69) is 4.98 Å². The molecule has 1 spiro atoms. The first-order chi connectivity index (χ1) is 9.53. The number of thioether (sulfide) groups is 1. The number of likely N-dealkylation sites (tertiary alicyclic amines) is 1. The number of nitrogens with zero attached hydrogens (tertiary/aromatic N) is 3. The van der Waals surface area contributed by atoms with Gasteiger partial charge in [0.05, 0.1) is 13.1 Å². The highest BCUT2D eigenvalue weighted by Crippen LogP contribution is 2.32. The largest absolute Gasteiger partial charge is 0.439 e. The van der Waals surface area contributed by atoms with Crippen LogP contribution < -0.4 is 0 Å². The molecule has 0 bridgehead atoms. The number of carbonyl (C=O) groups excluding carboxylic acids is 2. The quantitative estimate of drug-likeness (QED) is 0.775. The Morgan fingerprint density at radius 3 is 2.95 bits per heavy atom. The molecule has 0 radical (unpaired) electrons. The average molecular weight is 313 g/mol. The third-order valence-electron chi connectivity index (χ3n) is 3.62. The molecule has 1 atom stereocenters. The normalized spacial score (nSPS) is 25.6. The Morgan fingerprint density at radius 2 is 2.35 bits per heavy atom. The molecule has 2 aliphatic rings. The van der Waals surface area contributed by atoms with Crippen LogP contribution in [-0.4, -0.2) is 65.3 Å². The zero-order valence-corrected chi connectivity index (χ0v) is 12.9. The minimum absolute atomic E-state index is 0.0796. The van der Waals surface area contributed by atoms with Gasteiger partial charge < -0.3 is 14.5 Å². The number of hydrogen-bond acceptors (Lipinski definition) is 6. The van der Waals surface area contributed by atoms with E-state index >= 15 is 0 Å². The lowest BCUT2D eigenvalue weighted by Gasteiger charge is -2.21. The SMILES string of the molecule is CSc1nc(C(=O)N2CCC3(CN(C)C(=O)O3)C2)cs1. The molecule has 1 unspecified atom stereocenters. The molecule has 108 valence electrons. The number of likely N-dealkylation sites (N-methyl/N-ethyl adjacent to an activating group) is 1. The predicted molar refractivity (Wildman–Crippen MR) is 76.3 cm³/mol. The van der Waals surface area contributed by atoms with Gasteiger partial charge in [0, 0.05) is 25.4 Å². The molecule has 0 N–H and O–H groups in total. The maximum Gasteiger partial charge on any atom is 0.410 e. The highest BCUT2D eigenvalue weighted by atomic mass is 32.2. The Hall–Kier alpha value is -1.28. The minimum atomic E-state index is -0.528. The van der Waals surface area contributed by atoms with Crippen LogP contribution in [0.2, 0.25) is 0 Å². The van der Waals surface area contributed by atoms with Crippen LogP contribution in [0.25, 0.3) is 0 Å². The van der Waals surface area contributed by atoms with E-state index in [1.807, 2.05) is 6.26 Å². The molecule has 0 aliphatic carbocycles. The number of carbonyl (C=O) groups is 2. The van der Waals surface area contributed by atoms with Crippen molar-refractivity contribution in [3.05, 3.63) is 11.1 Å². The summed E-state index contributed by atoms with van der Waals surface area (Å²) in [6, 6.07) is 0. The van der Waals surface area contributed by atoms with Crippen LogP contribution in [0.4, 0.5) is 4.79 Å². The van der Waals surface area contributed by atoms with Crippen LogP contribution in [0.1, 0.15) is 16.9 Å². The fourth-order valence-electron chi connectivity index (χ4n) is 2.63. The summed E-state index contributed by atoms with van der Waals surface area (Å²) in [5, 5.41) is 1.78. The lowest BCUT2D eigenvalue weighted by molar-refractivity contribution is 0.0550. The van der Waals surface area contributed by atoms with Gasteiger partial charge in [0.2, 0.25) is 0 Å². The summed E-state index contributed by atoms with van der Waals surface area (Å²) < 4.78 is 6.32. The molecule has 3 rings (SSSR count). The van der Waals surface area contributed by atoms with Gasteiger partial charge in [-0.05, 0) is 6.26 Å². The lowest BCUT2D eigenvalue weighted by Crippen LogP contribution is -2.39. The van der Waals surface area contributed by atoms with Gasteiger partial charge in [-0.2, -0.15) is 0 Å². The van der Waals surface area contributed by atoms with E-state index in [0.717, 1.165) is 4.34 Å². The third kappa shape index (κ3) is 2.26. The molecule has 2 aliphatic heterocycles. The number of aromatic nitrogens is 1. The first kappa shape index (κ1) is 13.7. The van der Waals surface area contributed by atoms with Gasteiger partial charge in [0.25, 0.3) is 5.91 Å². The van der Waals surface area contributed by atoms with Crippen LogP contribution in [0.5, 0.6) is 0 Å². The van der Waals surface area contributed by atoms with E-state index in [0.29, 0.717) is 31.7 Å². The van der Waals surface area contributed by atoms with Crippen molar-refractivity contribution in [1.29, 1.82) is 0 Å². The summed E-state index contributed by atoms with van der Waals surface area (Å²) in [4.78, 5) is 31.5. The smallest absolute Gasteiger partial charge is 0.410 e. The molecule has 0 aromatic carbocycles. The predicted octanol–water partition coefficient (Wildman–Crippen LogP) is 1.53. The van der Waals surface area contributed by atoms with Gasteiger partial charge in [0.1, 0.15) is 10.0 Å². The van der Waals surface area contributed by atoms with Crippen molar-refractivity contribution < 1.29 is 14.3 Å². The van der Waals surface area contributed by atoms with E-state index in [9.17, 15) is 9.59 Å². The fourth-order valence-corrected chi connectivity index (χ4v) is 3.87. The molecule has 20 heavy (non-hydrogen) atoms. The standard InChI is InChI=1S/C12H15N3O3S2/c1-14-6-12(18-11(14)17)3-4-15(7-12)9(16)8-5-20-10(13-8)19-2/h5H,3-4,6-7H2,1-2H3. The summed E-state index contributed by atoms with van der Waals surface area (Å²) in [7, 11) is 1.72. The summed E-state index contributed by atoms with van der Waals surface area (Å²) in [6.07, 6.45) is 2.32. The molecule has 2 fully saturated rings. The number of amides is 2. The van der Waals surface area contributed by atoms with Crippen LogP contribution in [-0.2, 0) is 4.74 Å². The lowest BCUT2D eigenvalue weighted by atomic mass is 10.0. The molecule has 2 saturated heterocycles. The van der Waals surface area contributed by atoms with Gasteiger partial charge in [-0.25, -0.2) is 9.78 Å². The third-order valence-corrected chi connectivity index (χ3v) is 5.48. The molecule has 1 aromatic rings. The molecular weight excluding hydrogens is 298 g/mol. The van der Waals surface area contributed by atoms with Gasteiger partial charge in [0.15, 0.2) is 5.60 Å². The van der Waals surface area contributed by atoms with Gasteiger partial charge >= 0.3 is 6.09 Å². The number of rotatable bonds is 2. The Morgan fingerprint density at radius 1 is 1.55 bits per heavy atom. The maximum absolute atomic E-state index is 12.4. The Labute approximate surface area is 125 Å². The second kappa shape index (κ2) is 4.92. The monoisotopic (exact) mass is 313 g/mol. The first-order valence-electron chi connectivity index (χ1n) is 6.26. The number of thiazole rings is 1. The van der Waals surface area contributed by atoms with Gasteiger partial charge in [-0.1, -0.05) is 11.8 Å². The number of hydrogen-bond donors (Lipinski definition) is 0. The molecule has 0 saturated carbocycles. The summed E-state index contributed by atoms with van der Waals surface area (Å²) in [6.45, 7) is 1.60. The first-order valence-corrected chi connectivity index (χ1v) is 8.36. The van der Waals surface area contributed by atoms with Crippen LogP contribution in [0.3, 0.4) is 0 Å². The van der Waals surface area contributed by atoms with Crippen molar-refractivity contribution in [2.24, 2.45) is 0 Å². The Kier molecular flexibility index (Phi) is 3.37. The molecule has 2 amide bonds. The van der Waals surface area contributed by atoms with Crippen molar-refractivity contribution in [1.82, 2.24) is 14.8 Å². The highest BCUT2D eigenvalue weighted by Gasteiger charge is 2.49. The maximum atomic E-state index is 12.4. The zero-order chi connectivity index (χ0) is 14.3. The highest BCUT2D eigenvalue weighted by molar-refractivity contribution is 8.00. The molecule has 8 heteroatoms. The van der Waals surface area contributed by atoms with Crippen molar-refractivity contribution >= 4 is 35.1 Å². The molecule has 1 aromatic heterocycles. The molecule has 6 nitrogen and oxygen atoms in total. The topological polar surface area (TPSA) is 62.7 Å². The van der Waals surface area contributed by atoms with E-state index in [1.54, 1.807) is 22.2 Å². The number of ether oxygens (including phenoxy) is 1. The zero-order valence-electron chi connectivity index (χ0n) is 11.3. The average Bonchev–Trinajstić information content (AvgIpc) is 3.10. The second-order valence-electron chi connectivity index (χ2n) is 5.09. The van der Waals surface area contributed by atoms with E-state index in [1.165, 1.54) is 23.1 Å². The van der Waals surface area contributed by atoms with E-state index in [4.69, 9.17) is 4.74 Å². The van der Waals surface area contributed by atoms with Crippen LogP contribution >= 0.6 is 23.1 Å². The van der Waals surface area contributed by atoms with Crippen molar-refractivity contribution in [2.75, 3.05) is 32.9 Å². The Balaban J connectivity index is 1.71. The second-order valence-corrected chi connectivity index (χ2v) is 7.00. The minimum Gasteiger partial charge on any atom is -0.439 e. The van der Waals surface area contributed by atoms with Gasteiger partial charge in [-0.15, -0.1) is 11.3 Å². The van der Waals surface area contributed by atoms with Crippen LogP contribution in [0, 0.1) is 0 Å². The van der Waals surface area contributed by atoms with Gasteiger partial charge in [-0.3, -0.25) is 4.79 Å². The van der Waals surface area contributed by atoms with Crippen molar-refractivity contribution in [2.45, 2.75) is 16.4 Å². The molecule has 3 heterocycles. The van der Waals surface area contributed by atoms with Crippen LogP contribution in [0.15, 0.2) is 9.72 Å². The summed E-state index contributed by atoms with van der Waals surface area (Å²) in [5.41, 5.74) is -0.0473. The van der Waals surface area contributed by atoms with Crippen molar-refractivity contribution in [3.63, 3.8) is 0 Å². The molecular formula is C12H15N3O3S2. The Bertz CT molecular complexity index is 562. The summed E-state index contributed by atoms with van der Waals surface area (Å²) >= 11 is 3.00. The van der Waals surface area contributed by atoms with E-state index in [-0.39, 0.29) is 12.0 Å². The summed E-state index contributed by atoms with van der Waals surface area (Å²) in [5.74, 6) is -0.0796. The van der Waals surface area contributed by atoms with Crippen molar-refractivity contribution in [3.8, 4) is 0 Å². The van der Waals surface area contributed by atoms with E-state index < -0.39 is 5.60 Å².